The molecule has 0 bridgehead atoms. The maximum Gasteiger partial charge on any atom is 0.422 e. The number of amides is 1. The summed E-state index contributed by atoms with van der Waals surface area (Å²) in [6, 6.07) is 6.46. The van der Waals surface area contributed by atoms with E-state index in [1.165, 1.54) is 6.07 Å². The highest BCUT2D eigenvalue weighted by molar-refractivity contribution is 5.86. The Bertz CT molecular complexity index is 644. The number of nitrogens with one attached hydrogen (secondary N) is 2. The molecule has 1 aliphatic rings. The molecule has 0 aromatic heterocycles. The van der Waals surface area contributed by atoms with Gasteiger partial charge in [0.1, 0.15) is 5.75 Å². The molecule has 0 radical (unpaired) electrons. The minimum Gasteiger partial charge on any atom is -0.484 e. The quantitative estimate of drug-likeness (QED) is 0.558. The van der Waals surface area contributed by atoms with Crippen molar-refractivity contribution < 1.29 is 22.7 Å². The fourth-order valence-corrected chi connectivity index (χ4v) is 2.68. The molecule has 9 heteroatoms. The number of alkyl halides is 3. The molecule has 6 nitrogen and oxygen atoms in total. The van der Waals surface area contributed by atoms with E-state index in [-0.39, 0.29) is 24.7 Å². The summed E-state index contributed by atoms with van der Waals surface area (Å²) in [5.41, 5.74) is 0.532. The van der Waals surface area contributed by atoms with Gasteiger partial charge in [-0.2, -0.15) is 13.2 Å². The molecule has 0 saturated carbocycles. The molecular weight excluding hydrogens is 361 g/mol. The van der Waals surface area contributed by atoms with Crippen molar-refractivity contribution in [1.29, 1.82) is 0 Å². The van der Waals surface area contributed by atoms with Crippen LogP contribution < -0.4 is 15.4 Å². The standard InChI is InChI=1S/C18H25F3N4O2/c1-2-22-17(24-12-16(26)25-9-5-6-10-25)23-11-14-7-3-4-8-15(14)27-13-18(19,20)21/h3-4,7-8H,2,5-6,9-13H2,1H3,(H2,22,23,24). The van der Waals surface area contributed by atoms with Crippen molar-refractivity contribution in [2.24, 2.45) is 4.99 Å². The zero-order chi connectivity index (χ0) is 19.7. The first-order chi connectivity index (χ1) is 12.9. The lowest BCUT2D eigenvalue weighted by Gasteiger charge is -2.17. The van der Waals surface area contributed by atoms with Gasteiger partial charge in [0.2, 0.25) is 5.91 Å². The van der Waals surface area contributed by atoms with E-state index in [0.29, 0.717) is 18.1 Å². The first kappa shape index (κ1) is 20.9. The number of benzene rings is 1. The Balaban J connectivity index is 1.96. The molecule has 27 heavy (non-hydrogen) atoms. The van der Waals surface area contributed by atoms with Crippen LogP contribution in [0, 0.1) is 0 Å². The SMILES string of the molecule is CCNC(=NCc1ccccc1OCC(F)(F)F)NCC(=O)N1CCCC1. The molecule has 1 aromatic rings. The molecule has 0 unspecified atom stereocenters. The molecule has 2 rings (SSSR count). The van der Waals surface area contributed by atoms with Crippen LogP contribution in [0.4, 0.5) is 13.2 Å². The van der Waals surface area contributed by atoms with Crippen molar-refractivity contribution in [3.8, 4) is 5.75 Å². The predicted octanol–water partition coefficient (Wildman–Crippen LogP) is 2.31. The van der Waals surface area contributed by atoms with Gasteiger partial charge >= 0.3 is 6.18 Å². The van der Waals surface area contributed by atoms with E-state index in [1.54, 1.807) is 23.1 Å². The second kappa shape index (κ2) is 10.0. The third kappa shape index (κ3) is 7.36. The third-order valence-corrected chi connectivity index (χ3v) is 3.98. The van der Waals surface area contributed by atoms with Gasteiger partial charge in [-0.1, -0.05) is 18.2 Å². The number of carbonyl (C=O) groups excluding carboxylic acids is 1. The van der Waals surface area contributed by atoms with Crippen LogP contribution in [-0.4, -0.2) is 55.7 Å². The number of ether oxygens (including phenoxy) is 1. The molecule has 1 heterocycles. The average Bonchev–Trinajstić information content (AvgIpc) is 3.17. The van der Waals surface area contributed by atoms with E-state index in [0.717, 1.165) is 25.9 Å². The number of carbonyl (C=O) groups is 1. The number of hydrogen-bond acceptors (Lipinski definition) is 3. The van der Waals surface area contributed by atoms with E-state index >= 15 is 0 Å². The van der Waals surface area contributed by atoms with Crippen molar-refractivity contribution in [2.45, 2.75) is 32.5 Å². The Morgan fingerprint density at radius 1 is 1.22 bits per heavy atom. The van der Waals surface area contributed by atoms with Gasteiger partial charge in [-0.25, -0.2) is 4.99 Å². The number of likely N-dealkylation sites (tertiary alicyclic amines) is 1. The second-order valence-corrected chi connectivity index (χ2v) is 6.15. The van der Waals surface area contributed by atoms with Crippen LogP contribution in [-0.2, 0) is 11.3 Å². The predicted molar refractivity (Wildman–Crippen MR) is 96.6 cm³/mol. The van der Waals surface area contributed by atoms with Crippen LogP contribution in [0.2, 0.25) is 0 Å². The molecular formula is C18H25F3N4O2. The largest absolute Gasteiger partial charge is 0.484 e. The third-order valence-electron chi connectivity index (χ3n) is 3.98. The number of guanidine groups is 1. The lowest BCUT2D eigenvalue weighted by atomic mass is 10.2. The molecule has 1 amide bonds. The topological polar surface area (TPSA) is 66.0 Å². The summed E-state index contributed by atoms with van der Waals surface area (Å²) >= 11 is 0. The van der Waals surface area contributed by atoms with Crippen molar-refractivity contribution in [2.75, 3.05) is 32.8 Å². The Morgan fingerprint density at radius 2 is 1.93 bits per heavy atom. The van der Waals surface area contributed by atoms with Crippen molar-refractivity contribution in [1.82, 2.24) is 15.5 Å². The molecule has 1 fully saturated rings. The van der Waals surface area contributed by atoms with Gasteiger partial charge in [0.15, 0.2) is 12.6 Å². The van der Waals surface area contributed by atoms with E-state index in [2.05, 4.69) is 15.6 Å². The van der Waals surface area contributed by atoms with Crippen LogP contribution in [0.25, 0.3) is 0 Å². The van der Waals surface area contributed by atoms with Crippen LogP contribution in [0.5, 0.6) is 5.75 Å². The Morgan fingerprint density at radius 3 is 2.59 bits per heavy atom. The van der Waals surface area contributed by atoms with Crippen molar-refractivity contribution in [3.05, 3.63) is 29.8 Å². The van der Waals surface area contributed by atoms with E-state index in [1.807, 2.05) is 6.92 Å². The van der Waals surface area contributed by atoms with Gasteiger partial charge < -0.3 is 20.3 Å². The van der Waals surface area contributed by atoms with Crippen molar-refractivity contribution in [3.63, 3.8) is 0 Å². The fourth-order valence-electron chi connectivity index (χ4n) is 2.68. The minimum absolute atomic E-state index is 0.00649. The maximum absolute atomic E-state index is 12.4. The number of para-hydroxylation sites is 1. The monoisotopic (exact) mass is 386 g/mol. The Kier molecular flexibility index (Phi) is 7.75. The summed E-state index contributed by atoms with van der Waals surface area (Å²) in [4.78, 5) is 18.3. The van der Waals surface area contributed by atoms with Gasteiger partial charge in [0, 0.05) is 25.2 Å². The summed E-state index contributed by atoms with van der Waals surface area (Å²) in [6.07, 6.45) is -2.36. The van der Waals surface area contributed by atoms with Gasteiger partial charge in [0.25, 0.3) is 0 Å². The summed E-state index contributed by atoms with van der Waals surface area (Å²) in [6.45, 7) is 2.93. The summed E-state index contributed by atoms with van der Waals surface area (Å²) in [5.74, 6) is 0.574. The smallest absolute Gasteiger partial charge is 0.422 e. The average molecular weight is 386 g/mol. The molecule has 150 valence electrons. The molecule has 0 atom stereocenters. The van der Waals surface area contributed by atoms with E-state index in [4.69, 9.17) is 4.74 Å². The minimum atomic E-state index is -4.40. The number of nitrogens with zero attached hydrogens (tertiary/aromatic N) is 2. The summed E-state index contributed by atoms with van der Waals surface area (Å²) in [7, 11) is 0. The Hall–Kier alpha value is -2.45. The van der Waals surface area contributed by atoms with E-state index in [9.17, 15) is 18.0 Å². The van der Waals surface area contributed by atoms with Crippen LogP contribution >= 0.6 is 0 Å². The zero-order valence-corrected chi connectivity index (χ0v) is 15.3. The summed E-state index contributed by atoms with van der Waals surface area (Å²) < 4.78 is 42.0. The highest BCUT2D eigenvalue weighted by Gasteiger charge is 2.28. The first-order valence-electron chi connectivity index (χ1n) is 8.96. The number of rotatable bonds is 7. The highest BCUT2D eigenvalue weighted by Crippen LogP contribution is 2.22. The maximum atomic E-state index is 12.4. The van der Waals surface area contributed by atoms with Crippen molar-refractivity contribution >= 4 is 11.9 Å². The van der Waals surface area contributed by atoms with E-state index < -0.39 is 12.8 Å². The molecule has 0 aliphatic carbocycles. The summed E-state index contributed by atoms with van der Waals surface area (Å²) in [5, 5.41) is 5.99. The number of aliphatic imine (C=N–C) groups is 1. The molecule has 2 N–H and O–H groups in total. The van der Waals surface area contributed by atoms with Crippen LogP contribution in [0.15, 0.2) is 29.3 Å². The van der Waals surface area contributed by atoms with Crippen LogP contribution in [0.1, 0.15) is 25.3 Å². The first-order valence-corrected chi connectivity index (χ1v) is 8.96. The fraction of sp³-hybridized carbons (Fsp3) is 0.556. The molecule has 1 aliphatic heterocycles. The Labute approximate surface area is 156 Å². The highest BCUT2D eigenvalue weighted by atomic mass is 19.4. The second-order valence-electron chi connectivity index (χ2n) is 6.15. The van der Waals surface area contributed by atoms with Gasteiger partial charge in [-0.05, 0) is 25.8 Å². The number of halogens is 3. The van der Waals surface area contributed by atoms with Gasteiger partial charge in [-0.3, -0.25) is 4.79 Å². The molecule has 1 aromatic carbocycles. The lowest BCUT2D eigenvalue weighted by molar-refractivity contribution is -0.153. The van der Waals surface area contributed by atoms with Gasteiger partial charge in [-0.15, -0.1) is 0 Å². The zero-order valence-electron chi connectivity index (χ0n) is 15.3. The molecule has 0 spiro atoms. The van der Waals surface area contributed by atoms with Gasteiger partial charge in [0.05, 0.1) is 13.1 Å². The molecule has 1 saturated heterocycles. The number of hydrogen-bond donors (Lipinski definition) is 2. The van der Waals surface area contributed by atoms with Crippen LogP contribution in [0.3, 0.4) is 0 Å². The normalized spacial score (nSPS) is 15.0. The lowest BCUT2D eigenvalue weighted by Crippen LogP contribution is -2.44.